The summed E-state index contributed by atoms with van der Waals surface area (Å²) in [4.78, 5) is 13.1. The number of amides is 1. The fourth-order valence-corrected chi connectivity index (χ4v) is 1.42. The minimum Gasteiger partial charge on any atom is -0.356 e. The zero-order valence-corrected chi connectivity index (χ0v) is 7.56. The van der Waals surface area contributed by atoms with E-state index in [1.165, 1.54) is 7.05 Å². The van der Waals surface area contributed by atoms with Crippen LogP contribution in [0.5, 0.6) is 0 Å². The van der Waals surface area contributed by atoms with Crippen LogP contribution < -0.4 is 5.32 Å². The fourth-order valence-electron chi connectivity index (χ4n) is 1.42. The molecule has 0 saturated carbocycles. The highest BCUT2D eigenvalue weighted by Gasteiger charge is 2.40. The predicted molar refractivity (Wildman–Crippen MR) is 44.6 cm³/mol. The average Bonchev–Trinajstić information content (AvgIpc) is 2.09. The third-order valence-corrected chi connectivity index (χ3v) is 2.41. The van der Waals surface area contributed by atoms with Crippen molar-refractivity contribution in [1.82, 2.24) is 10.2 Å². The fraction of sp³-hybridized carbons (Fsp3) is 0.875. The molecule has 1 rings (SSSR count). The Hall–Kier alpha value is -0.640. The van der Waals surface area contributed by atoms with Crippen LogP contribution >= 0.6 is 0 Å². The molecule has 70 valence electrons. The largest absolute Gasteiger partial charge is 0.356 e. The topological polar surface area (TPSA) is 32.3 Å². The van der Waals surface area contributed by atoms with Gasteiger partial charge in [0.1, 0.15) is 0 Å². The zero-order valence-electron chi connectivity index (χ0n) is 7.56. The van der Waals surface area contributed by atoms with Crippen LogP contribution in [-0.4, -0.2) is 43.7 Å². The summed E-state index contributed by atoms with van der Waals surface area (Å²) in [6.07, 6.45) is 0.617. The molecule has 12 heavy (non-hydrogen) atoms. The Kier molecular flexibility index (Phi) is 2.67. The second-order valence-corrected chi connectivity index (χ2v) is 3.35. The van der Waals surface area contributed by atoms with Gasteiger partial charge in [-0.15, -0.1) is 0 Å². The number of hydrogen-bond acceptors (Lipinski definition) is 2. The summed E-state index contributed by atoms with van der Waals surface area (Å²) in [5.74, 6) is -0.476. The van der Waals surface area contributed by atoms with Gasteiger partial charge in [-0.3, -0.25) is 4.79 Å². The molecule has 0 radical (unpaired) electrons. The molecule has 1 amide bonds. The second-order valence-electron chi connectivity index (χ2n) is 3.35. The Morgan fingerprint density at radius 2 is 2.00 bits per heavy atom. The van der Waals surface area contributed by atoms with E-state index in [4.69, 9.17) is 0 Å². The maximum absolute atomic E-state index is 13.7. The number of nitrogens with zero attached hydrogens (tertiary/aromatic N) is 1. The predicted octanol–water partition coefficient (Wildman–Crippen LogP) is 0.166. The van der Waals surface area contributed by atoms with E-state index in [-0.39, 0.29) is 0 Å². The van der Waals surface area contributed by atoms with E-state index in [1.54, 1.807) is 0 Å². The van der Waals surface area contributed by atoms with Gasteiger partial charge >= 0.3 is 0 Å². The lowest BCUT2D eigenvalue weighted by Gasteiger charge is -2.32. The van der Waals surface area contributed by atoms with Crippen LogP contribution in [0.2, 0.25) is 0 Å². The molecule has 3 nitrogen and oxygen atoms in total. The van der Waals surface area contributed by atoms with E-state index in [0.717, 1.165) is 0 Å². The molecule has 1 N–H and O–H groups in total. The Bertz CT molecular complexity index is 176. The number of carbonyl (C=O) groups is 1. The first kappa shape index (κ1) is 9.45. The van der Waals surface area contributed by atoms with E-state index in [1.807, 2.05) is 11.9 Å². The normalized spacial score (nSPS) is 23.6. The number of rotatable bonds is 1. The molecule has 1 heterocycles. The molecule has 4 heteroatoms. The summed E-state index contributed by atoms with van der Waals surface area (Å²) in [5, 5.41) is 2.36. The van der Waals surface area contributed by atoms with Gasteiger partial charge in [-0.05, 0) is 7.05 Å². The van der Waals surface area contributed by atoms with Crippen LogP contribution in [-0.2, 0) is 4.79 Å². The molecule has 0 aromatic heterocycles. The number of piperidine rings is 1. The van der Waals surface area contributed by atoms with Gasteiger partial charge in [-0.2, -0.15) is 0 Å². The van der Waals surface area contributed by atoms with Crippen LogP contribution in [0.25, 0.3) is 0 Å². The van der Waals surface area contributed by atoms with E-state index in [9.17, 15) is 9.18 Å². The number of hydrogen-bond donors (Lipinski definition) is 1. The number of halogens is 1. The van der Waals surface area contributed by atoms with Crippen molar-refractivity contribution < 1.29 is 9.18 Å². The molecule has 1 fully saturated rings. The number of carbonyl (C=O) groups excluding carboxylic acids is 1. The van der Waals surface area contributed by atoms with Crippen LogP contribution in [0, 0.1) is 0 Å². The van der Waals surface area contributed by atoms with Crippen LogP contribution in [0.15, 0.2) is 0 Å². The highest BCUT2D eigenvalue weighted by atomic mass is 19.1. The van der Waals surface area contributed by atoms with Crippen molar-refractivity contribution in [3.63, 3.8) is 0 Å². The quantitative estimate of drug-likeness (QED) is 0.614. The third-order valence-electron chi connectivity index (χ3n) is 2.41. The Morgan fingerprint density at radius 3 is 2.42 bits per heavy atom. The first-order valence-corrected chi connectivity index (χ1v) is 4.18. The number of likely N-dealkylation sites (tertiary alicyclic amines) is 1. The van der Waals surface area contributed by atoms with Gasteiger partial charge in [0, 0.05) is 33.0 Å². The SMILES string of the molecule is CNC(=O)C1(F)CCN(C)CC1. The van der Waals surface area contributed by atoms with Gasteiger partial charge < -0.3 is 10.2 Å². The summed E-state index contributed by atoms with van der Waals surface area (Å²) >= 11 is 0. The molecule has 1 aliphatic rings. The first-order chi connectivity index (χ1) is 5.58. The monoisotopic (exact) mass is 174 g/mol. The van der Waals surface area contributed by atoms with Gasteiger partial charge in [0.2, 0.25) is 0 Å². The lowest BCUT2D eigenvalue weighted by Crippen LogP contribution is -2.49. The number of alkyl halides is 1. The average molecular weight is 174 g/mol. The molecule has 0 aromatic carbocycles. The van der Waals surface area contributed by atoms with Crippen LogP contribution in [0.4, 0.5) is 4.39 Å². The Morgan fingerprint density at radius 1 is 1.50 bits per heavy atom. The van der Waals surface area contributed by atoms with E-state index < -0.39 is 11.6 Å². The van der Waals surface area contributed by atoms with Gasteiger partial charge in [0.05, 0.1) is 0 Å². The molecule has 0 aromatic rings. The Labute approximate surface area is 71.9 Å². The smallest absolute Gasteiger partial charge is 0.257 e. The van der Waals surface area contributed by atoms with Crippen molar-refractivity contribution in [3.05, 3.63) is 0 Å². The highest BCUT2D eigenvalue weighted by molar-refractivity contribution is 5.84. The van der Waals surface area contributed by atoms with Crippen molar-refractivity contribution in [2.45, 2.75) is 18.5 Å². The van der Waals surface area contributed by atoms with Crippen molar-refractivity contribution in [3.8, 4) is 0 Å². The van der Waals surface area contributed by atoms with Gasteiger partial charge in [-0.25, -0.2) is 4.39 Å². The minimum atomic E-state index is -1.62. The summed E-state index contributed by atoms with van der Waals surface area (Å²) in [7, 11) is 3.41. The minimum absolute atomic E-state index is 0.309. The standard InChI is InChI=1S/C8H15FN2O/c1-10-7(12)8(9)3-5-11(2)6-4-8/h3-6H2,1-2H3,(H,10,12). The van der Waals surface area contributed by atoms with Crippen molar-refractivity contribution in [2.75, 3.05) is 27.2 Å². The molecule has 1 aliphatic heterocycles. The molecule has 0 bridgehead atoms. The lowest BCUT2D eigenvalue weighted by molar-refractivity contribution is -0.135. The molecular weight excluding hydrogens is 159 g/mol. The Balaban J connectivity index is 2.55. The van der Waals surface area contributed by atoms with Crippen LogP contribution in [0.3, 0.4) is 0 Å². The van der Waals surface area contributed by atoms with Crippen molar-refractivity contribution in [1.29, 1.82) is 0 Å². The third kappa shape index (κ3) is 1.75. The maximum Gasteiger partial charge on any atom is 0.257 e. The molecular formula is C8H15FN2O. The summed E-state index contributed by atoms with van der Waals surface area (Å²) in [6, 6.07) is 0. The van der Waals surface area contributed by atoms with Gasteiger partial charge in [0.25, 0.3) is 5.91 Å². The molecule has 0 aliphatic carbocycles. The second kappa shape index (κ2) is 3.39. The molecule has 0 atom stereocenters. The molecule has 1 saturated heterocycles. The van der Waals surface area contributed by atoms with E-state index in [2.05, 4.69) is 5.32 Å². The van der Waals surface area contributed by atoms with Crippen molar-refractivity contribution in [2.24, 2.45) is 0 Å². The first-order valence-electron chi connectivity index (χ1n) is 4.18. The van der Waals surface area contributed by atoms with Crippen molar-refractivity contribution >= 4 is 5.91 Å². The summed E-state index contributed by atoms with van der Waals surface area (Å²) < 4.78 is 13.7. The van der Waals surface area contributed by atoms with E-state index >= 15 is 0 Å². The highest BCUT2D eigenvalue weighted by Crippen LogP contribution is 2.25. The number of nitrogens with one attached hydrogen (secondary N) is 1. The van der Waals surface area contributed by atoms with Gasteiger partial charge in [0.15, 0.2) is 5.67 Å². The van der Waals surface area contributed by atoms with Crippen LogP contribution in [0.1, 0.15) is 12.8 Å². The zero-order chi connectivity index (χ0) is 9.19. The molecule has 0 spiro atoms. The molecule has 0 unspecified atom stereocenters. The summed E-state index contributed by atoms with van der Waals surface area (Å²) in [6.45, 7) is 1.31. The maximum atomic E-state index is 13.7. The van der Waals surface area contributed by atoms with E-state index in [0.29, 0.717) is 25.9 Å². The summed E-state index contributed by atoms with van der Waals surface area (Å²) in [5.41, 5.74) is -1.62. The lowest BCUT2D eigenvalue weighted by atomic mass is 9.93. The van der Waals surface area contributed by atoms with Gasteiger partial charge in [-0.1, -0.05) is 0 Å².